The maximum absolute atomic E-state index is 5.92. The van der Waals surface area contributed by atoms with Gasteiger partial charge in [-0.05, 0) is 36.4 Å². The van der Waals surface area contributed by atoms with Gasteiger partial charge in [0.15, 0.2) is 23.0 Å². The summed E-state index contributed by atoms with van der Waals surface area (Å²) in [4.78, 5) is 0. The molecule has 0 amide bonds. The predicted molar refractivity (Wildman–Crippen MR) is 113 cm³/mol. The molecule has 1 aliphatic heterocycles. The van der Waals surface area contributed by atoms with Crippen molar-refractivity contribution in [3.05, 3.63) is 76.7 Å². The smallest absolute Gasteiger partial charge is 0.161 e. The first-order valence-electron chi connectivity index (χ1n) is 9.68. The molecule has 2 bridgehead atoms. The van der Waals surface area contributed by atoms with E-state index in [1.54, 1.807) is 12.1 Å². The Morgan fingerprint density at radius 2 is 1.00 bits per heavy atom. The van der Waals surface area contributed by atoms with Crippen LogP contribution in [0.2, 0.25) is 0 Å². The van der Waals surface area contributed by atoms with Crippen molar-refractivity contribution in [2.75, 3.05) is 26.4 Å². The molecule has 0 radical (unpaired) electrons. The Hall–Kier alpha value is -3.03. The molecular formula is C23H22O6S. The van der Waals surface area contributed by atoms with E-state index in [-0.39, 0.29) is 13.2 Å². The van der Waals surface area contributed by atoms with Crippen molar-refractivity contribution in [1.82, 2.24) is 0 Å². The van der Waals surface area contributed by atoms with Crippen LogP contribution in [0.4, 0.5) is 0 Å². The topological polar surface area (TPSA) is 59.3 Å². The van der Waals surface area contributed by atoms with Crippen LogP contribution >= 0.6 is 12.2 Å². The molecule has 0 atom stereocenters. The van der Waals surface area contributed by atoms with Gasteiger partial charge in [-0.15, -0.1) is 0 Å². The van der Waals surface area contributed by atoms with E-state index in [1.165, 1.54) is 0 Å². The number of rotatable bonds is 0. The summed E-state index contributed by atoms with van der Waals surface area (Å²) < 4.78 is 35.6. The van der Waals surface area contributed by atoms with E-state index in [0.29, 0.717) is 65.5 Å². The molecule has 2 aromatic carbocycles. The zero-order valence-electron chi connectivity index (χ0n) is 16.4. The Labute approximate surface area is 179 Å². The summed E-state index contributed by atoms with van der Waals surface area (Å²) in [5, 5.41) is 0. The lowest BCUT2D eigenvalue weighted by Crippen LogP contribution is -2.13. The molecule has 1 aromatic heterocycles. The molecule has 0 N–H and O–H groups in total. The fourth-order valence-electron chi connectivity index (χ4n) is 2.93. The van der Waals surface area contributed by atoms with Crippen LogP contribution in [0.3, 0.4) is 0 Å². The van der Waals surface area contributed by atoms with Gasteiger partial charge in [-0.1, -0.05) is 36.5 Å². The van der Waals surface area contributed by atoms with Gasteiger partial charge in [0.05, 0.1) is 13.2 Å². The van der Waals surface area contributed by atoms with E-state index in [9.17, 15) is 0 Å². The van der Waals surface area contributed by atoms with Crippen molar-refractivity contribution >= 4 is 12.2 Å². The van der Waals surface area contributed by atoms with E-state index in [0.717, 1.165) is 0 Å². The molecule has 0 aliphatic carbocycles. The standard InChI is InChI=1S/C23H22O6S/c30-19-13-17-15-27-22-7-3-1-5-20(22)25-11-9-24-10-12-26-21-6-2-4-8-23(21)28-16-18(14-19)29-17/h1-8,13-14H,9-12,15-16H2. The second-order valence-corrected chi connectivity index (χ2v) is 6.98. The SMILES string of the molecule is S=c1cc2oc(c1)COc1ccccc1OCCOCCOc1ccccc1OC2. The summed E-state index contributed by atoms with van der Waals surface area (Å²) in [7, 11) is 0. The fraction of sp³-hybridized carbons (Fsp3) is 0.261. The van der Waals surface area contributed by atoms with E-state index >= 15 is 0 Å². The third kappa shape index (κ3) is 5.52. The summed E-state index contributed by atoms with van der Waals surface area (Å²) >= 11 is 5.37. The second kappa shape index (κ2) is 10.1. The molecule has 3 aromatic rings. The average Bonchev–Trinajstić information content (AvgIpc) is 2.76. The van der Waals surface area contributed by atoms with Gasteiger partial charge in [-0.25, -0.2) is 0 Å². The van der Waals surface area contributed by atoms with Gasteiger partial charge in [0.25, 0.3) is 0 Å². The Morgan fingerprint density at radius 1 is 0.567 bits per heavy atom. The molecular weight excluding hydrogens is 404 g/mol. The van der Waals surface area contributed by atoms with Gasteiger partial charge in [0, 0.05) is 4.51 Å². The summed E-state index contributed by atoms with van der Waals surface area (Å²) in [6.45, 7) is 2.10. The first-order valence-corrected chi connectivity index (χ1v) is 10.1. The summed E-state index contributed by atoms with van der Waals surface area (Å²) in [6, 6.07) is 18.5. The van der Waals surface area contributed by atoms with Crippen molar-refractivity contribution in [2.45, 2.75) is 13.2 Å². The quantitative estimate of drug-likeness (QED) is 0.471. The monoisotopic (exact) mass is 426 g/mol. The maximum Gasteiger partial charge on any atom is 0.161 e. The van der Waals surface area contributed by atoms with Crippen LogP contribution in [0.1, 0.15) is 11.5 Å². The molecule has 30 heavy (non-hydrogen) atoms. The second-order valence-electron chi connectivity index (χ2n) is 6.51. The zero-order chi connectivity index (χ0) is 20.6. The largest absolute Gasteiger partial charge is 0.487 e. The van der Waals surface area contributed by atoms with E-state index < -0.39 is 0 Å². The minimum absolute atomic E-state index is 0.216. The third-order valence-electron chi connectivity index (χ3n) is 4.28. The molecule has 6 nitrogen and oxygen atoms in total. The highest BCUT2D eigenvalue weighted by Crippen LogP contribution is 2.29. The molecule has 0 spiro atoms. The molecule has 2 heterocycles. The van der Waals surface area contributed by atoms with E-state index in [2.05, 4.69) is 0 Å². The number of ether oxygens (including phenoxy) is 5. The number of hydrogen-bond donors (Lipinski definition) is 0. The first-order chi connectivity index (χ1) is 14.8. The predicted octanol–water partition coefficient (Wildman–Crippen LogP) is 4.95. The minimum atomic E-state index is 0.216. The molecule has 4 rings (SSSR count). The van der Waals surface area contributed by atoms with Crippen molar-refractivity contribution in [1.29, 1.82) is 0 Å². The van der Waals surface area contributed by atoms with Crippen molar-refractivity contribution in [2.24, 2.45) is 0 Å². The van der Waals surface area contributed by atoms with Crippen LogP contribution in [-0.2, 0) is 18.0 Å². The van der Waals surface area contributed by atoms with Crippen LogP contribution in [0.5, 0.6) is 23.0 Å². The molecule has 0 saturated carbocycles. The molecule has 0 saturated heterocycles. The van der Waals surface area contributed by atoms with Crippen LogP contribution in [0.25, 0.3) is 0 Å². The van der Waals surface area contributed by atoms with Crippen LogP contribution in [-0.4, -0.2) is 26.4 Å². The van der Waals surface area contributed by atoms with Gasteiger partial charge in [-0.3, -0.25) is 0 Å². The normalized spacial score (nSPS) is 14.9. The van der Waals surface area contributed by atoms with E-state index in [4.69, 9.17) is 40.3 Å². The Kier molecular flexibility index (Phi) is 6.84. The maximum atomic E-state index is 5.92. The highest BCUT2D eigenvalue weighted by molar-refractivity contribution is 7.71. The Balaban J connectivity index is 1.57. The molecule has 0 unspecified atom stereocenters. The number of fused-ring (bicyclic) bond motifs is 4. The van der Waals surface area contributed by atoms with Crippen molar-refractivity contribution < 1.29 is 28.1 Å². The Bertz CT molecular complexity index is 955. The average molecular weight is 426 g/mol. The lowest BCUT2D eigenvalue weighted by Gasteiger charge is -2.15. The molecule has 0 fully saturated rings. The summed E-state index contributed by atoms with van der Waals surface area (Å²) in [5.41, 5.74) is 0. The summed E-state index contributed by atoms with van der Waals surface area (Å²) in [6.07, 6.45) is 0. The lowest BCUT2D eigenvalue weighted by atomic mass is 10.3. The van der Waals surface area contributed by atoms with Crippen LogP contribution in [0.15, 0.2) is 65.1 Å². The van der Waals surface area contributed by atoms with Gasteiger partial charge < -0.3 is 28.1 Å². The van der Waals surface area contributed by atoms with Gasteiger partial charge >= 0.3 is 0 Å². The number of para-hydroxylation sites is 4. The minimum Gasteiger partial charge on any atom is -0.487 e. The van der Waals surface area contributed by atoms with Crippen LogP contribution in [0, 0.1) is 4.51 Å². The van der Waals surface area contributed by atoms with Crippen molar-refractivity contribution in [3.63, 3.8) is 0 Å². The highest BCUT2D eigenvalue weighted by Gasteiger charge is 2.10. The van der Waals surface area contributed by atoms with Gasteiger partial charge in [0.1, 0.15) is 37.9 Å². The van der Waals surface area contributed by atoms with Crippen LogP contribution < -0.4 is 18.9 Å². The molecule has 7 heteroatoms. The first kappa shape index (κ1) is 20.3. The molecule has 1 aliphatic rings. The zero-order valence-corrected chi connectivity index (χ0v) is 17.2. The van der Waals surface area contributed by atoms with Gasteiger partial charge in [-0.2, -0.15) is 0 Å². The number of hydrogen-bond acceptors (Lipinski definition) is 7. The molecule has 156 valence electrons. The highest BCUT2D eigenvalue weighted by atomic mass is 32.1. The Morgan fingerprint density at radius 3 is 1.47 bits per heavy atom. The lowest BCUT2D eigenvalue weighted by molar-refractivity contribution is 0.0740. The van der Waals surface area contributed by atoms with E-state index in [1.807, 2.05) is 48.5 Å². The fourth-order valence-corrected chi connectivity index (χ4v) is 3.19. The van der Waals surface area contributed by atoms with Gasteiger partial charge in [0.2, 0.25) is 0 Å². The number of benzene rings is 2. The summed E-state index contributed by atoms with van der Waals surface area (Å²) in [5.74, 6) is 3.74. The third-order valence-corrected chi connectivity index (χ3v) is 4.51. The van der Waals surface area contributed by atoms with Crippen molar-refractivity contribution in [3.8, 4) is 23.0 Å².